The van der Waals surface area contributed by atoms with E-state index < -0.39 is 0 Å². The van der Waals surface area contributed by atoms with E-state index in [1.54, 1.807) is 19.1 Å². The number of carbonyl (C=O) groups is 1. The fourth-order valence-corrected chi connectivity index (χ4v) is 3.58. The Bertz CT molecular complexity index is 1070. The Morgan fingerprint density at radius 2 is 2.00 bits per heavy atom. The lowest BCUT2D eigenvalue weighted by molar-refractivity contribution is 0.0949. The highest BCUT2D eigenvalue weighted by molar-refractivity contribution is 7.22. The number of anilines is 1. The van der Waals surface area contributed by atoms with Crippen molar-refractivity contribution in [2.45, 2.75) is 13.5 Å². The zero-order chi connectivity index (χ0) is 18.1. The van der Waals surface area contributed by atoms with Crippen molar-refractivity contribution < 1.29 is 13.7 Å². The van der Waals surface area contributed by atoms with Crippen molar-refractivity contribution in [3.8, 4) is 0 Å². The summed E-state index contributed by atoms with van der Waals surface area (Å²) in [5.41, 5.74) is 2.22. The van der Waals surface area contributed by atoms with Crippen LogP contribution in [0.1, 0.15) is 21.8 Å². The number of benzene rings is 2. The molecule has 0 saturated carbocycles. The van der Waals surface area contributed by atoms with Gasteiger partial charge in [-0.3, -0.25) is 9.69 Å². The van der Waals surface area contributed by atoms with Crippen LogP contribution in [0.25, 0.3) is 10.2 Å². The number of carbonyl (C=O) groups excluding carboxylic acids is 1. The normalized spacial score (nSPS) is 11.0. The molecule has 26 heavy (non-hydrogen) atoms. The molecule has 0 radical (unpaired) electrons. The molecule has 5 nitrogen and oxygen atoms in total. The summed E-state index contributed by atoms with van der Waals surface area (Å²) in [5.74, 6) is -0.530. The van der Waals surface area contributed by atoms with Gasteiger partial charge in [0.2, 0.25) is 5.76 Å². The second-order valence-corrected chi connectivity index (χ2v) is 6.83. The molecule has 0 spiro atoms. The predicted molar refractivity (Wildman–Crippen MR) is 97.8 cm³/mol. The van der Waals surface area contributed by atoms with Gasteiger partial charge in [-0.15, -0.1) is 0 Å². The van der Waals surface area contributed by atoms with Crippen molar-refractivity contribution in [2.75, 3.05) is 4.90 Å². The molecule has 2 aromatic heterocycles. The standard InChI is InChI=1S/C19H14FN3O2S/c1-12-9-16(25-22-12)18(24)23(11-13-5-3-2-4-6-13)19-21-15-8-7-14(20)10-17(15)26-19/h2-10H,11H2,1H3. The van der Waals surface area contributed by atoms with E-state index in [4.69, 9.17) is 4.52 Å². The van der Waals surface area contributed by atoms with Gasteiger partial charge >= 0.3 is 0 Å². The van der Waals surface area contributed by atoms with Gasteiger partial charge in [-0.05, 0) is 30.7 Å². The summed E-state index contributed by atoms with van der Waals surface area (Å²) < 4.78 is 19.3. The SMILES string of the molecule is Cc1cc(C(=O)N(Cc2ccccc2)c2nc3ccc(F)cc3s2)on1. The average molecular weight is 367 g/mol. The summed E-state index contributed by atoms with van der Waals surface area (Å²) >= 11 is 1.26. The number of hydrogen-bond acceptors (Lipinski definition) is 5. The number of hydrogen-bond donors (Lipinski definition) is 0. The third kappa shape index (κ3) is 3.21. The highest BCUT2D eigenvalue weighted by atomic mass is 32.1. The van der Waals surface area contributed by atoms with E-state index in [2.05, 4.69) is 10.1 Å². The maximum atomic E-state index is 13.5. The Morgan fingerprint density at radius 3 is 2.73 bits per heavy atom. The van der Waals surface area contributed by atoms with Crippen molar-refractivity contribution in [1.29, 1.82) is 0 Å². The minimum Gasteiger partial charge on any atom is -0.351 e. The summed E-state index contributed by atoms with van der Waals surface area (Å²) in [7, 11) is 0. The first-order valence-electron chi connectivity index (χ1n) is 7.95. The van der Waals surface area contributed by atoms with Crippen LogP contribution in [-0.2, 0) is 6.54 Å². The zero-order valence-electron chi connectivity index (χ0n) is 13.8. The quantitative estimate of drug-likeness (QED) is 0.530. The van der Waals surface area contributed by atoms with E-state index in [1.807, 2.05) is 30.3 Å². The molecule has 0 saturated heterocycles. The van der Waals surface area contributed by atoms with Crippen LogP contribution in [0.15, 0.2) is 59.1 Å². The topological polar surface area (TPSA) is 59.2 Å². The molecule has 0 unspecified atom stereocenters. The van der Waals surface area contributed by atoms with Crippen molar-refractivity contribution in [3.63, 3.8) is 0 Å². The largest absolute Gasteiger partial charge is 0.351 e. The molecule has 2 aromatic carbocycles. The maximum absolute atomic E-state index is 13.5. The summed E-state index contributed by atoms with van der Waals surface area (Å²) in [4.78, 5) is 19.0. The Hall–Kier alpha value is -3.06. The van der Waals surface area contributed by atoms with Gasteiger partial charge in [0.1, 0.15) is 5.82 Å². The number of rotatable bonds is 4. The summed E-state index contributed by atoms with van der Waals surface area (Å²) in [6.07, 6.45) is 0. The molecule has 1 amide bonds. The highest BCUT2D eigenvalue weighted by Gasteiger charge is 2.25. The fourth-order valence-electron chi connectivity index (χ4n) is 2.59. The van der Waals surface area contributed by atoms with Gasteiger partial charge < -0.3 is 4.52 Å². The number of amides is 1. The van der Waals surface area contributed by atoms with E-state index >= 15 is 0 Å². The second-order valence-electron chi connectivity index (χ2n) is 5.82. The number of aryl methyl sites for hydroxylation is 1. The summed E-state index contributed by atoms with van der Waals surface area (Å²) in [6, 6.07) is 15.6. The average Bonchev–Trinajstić information content (AvgIpc) is 3.25. The van der Waals surface area contributed by atoms with E-state index in [1.165, 1.54) is 28.4 Å². The van der Waals surface area contributed by atoms with Gasteiger partial charge in [-0.1, -0.05) is 46.8 Å². The van der Waals surface area contributed by atoms with Gasteiger partial charge in [0, 0.05) is 6.07 Å². The van der Waals surface area contributed by atoms with Crippen LogP contribution < -0.4 is 4.90 Å². The van der Waals surface area contributed by atoms with Crippen molar-refractivity contribution in [2.24, 2.45) is 0 Å². The minimum absolute atomic E-state index is 0.142. The number of halogens is 1. The third-order valence-electron chi connectivity index (χ3n) is 3.84. The molecule has 0 bridgehead atoms. The first-order valence-corrected chi connectivity index (χ1v) is 8.77. The van der Waals surface area contributed by atoms with Gasteiger partial charge in [-0.2, -0.15) is 0 Å². The van der Waals surface area contributed by atoms with Crippen LogP contribution in [0.2, 0.25) is 0 Å². The molecule has 0 aliphatic rings. The molecule has 0 aliphatic heterocycles. The lowest BCUT2D eigenvalue weighted by atomic mass is 10.2. The lowest BCUT2D eigenvalue weighted by Crippen LogP contribution is -2.30. The minimum atomic E-state index is -0.339. The third-order valence-corrected chi connectivity index (χ3v) is 4.88. The highest BCUT2D eigenvalue weighted by Crippen LogP contribution is 2.31. The Morgan fingerprint density at radius 1 is 1.19 bits per heavy atom. The number of thiazole rings is 1. The van der Waals surface area contributed by atoms with Gasteiger partial charge in [0.05, 0.1) is 22.5 Å². The summed E-state index contributed by atoms with van der Waals surface area (Å²) in [6.45, 7) is 2.07. The first-order chi connectivity index (χ1) is 12.6. The van der Waals surface area contributed by atoms with E-state index in [9.17, 15) is 9.18 Å². The number of fused-ring (bicyclic) bond motifs is 1. The van der Waals surface area contributed by atoms with Crippen LogP contribution in [0.3, 0.4) is 0 Å². The zero-order valence-corrected chi connectivity index (χ0v) is 14.7. The monoisotopic (exact) mass is 367 g/mol. The molecule has 0 aliphatic carbocycles. The van der Waals surface area contributed by atoms with E-state index in [-0.39, 0.29) is 17.5 Å². The lowest BCUT2D eigenvalue weighted by Gasteiger charge is -2.18. The van der Waals surface area contributed by atoms with Gasteiger partial charge in [-0.25, -0.2) is 9.37 Å². The summed E-state index contributed by atoms with van der Waals surface area (Å²) in [5, 5.41) is 4.27. The predicted octanol–water partition coefficient (Wildman–Crippen LogP) is 4.58. The molecular formula is C19H14FN3O2S. The van der Waals surface area contributed by atoms with E-state index in [0.29, 0.717) is 27.6 Å². The molecular weight excluding hydrogens is 353 g/mol. The maximum Gasteiger partial charge on any atom is 0.298 e. The molecule has 0 atom stereocenters. The van der Waals surface area contributed by atoms with Crippen molar-refractivity contribution in [1.82, 2.24) is 10.1 Å². The molecule has 130 valence electrons. The van der Waals surface area contributed by atoms with Crippen LogP contribution in [0.4, 0.5) is 9.52 Å². The fraction of sp³-hybridized carbons (Fsp3) is 0.105. The molecule has 0 fully saturated rings. The molecule has 4 aromatic rings. The second kappa shape index (κ2) is 6.68. The Kier molecular flexibility index (Phi) is 4.22. The van der Waals surface area contributed by atoms with Crippen molar-refractivity contribution >= 4 is 32.6 Å². The van der Waals surface area contributed by atoms with Crippen LogP contribution >= 0.6 is 11.3 Å². The van der Waals surface area contributed by atoms with Crippen LogP contribution in [0.5, 0.6) is 0 Å². The van der Waals surface area contributed by atoms with Gasteiger partial charge in [0.25, 0.3) is 5.91 Å². The molecule has 2 heterocycles. The van der Waals surface area contributed by atoms with Crippen molar-refractivity contribution in [3.05, 3.63) is 77.4 Å². The molecule has 0 N–H and O–H groups in total. The Labute approximate surface area is 152 Å². The molecule has 4 rings (SSSR count). The smallest absolute Gasteiger partial charge is 0.298 e. The number of nitrogens with zero attached hydrogens (tertiary/aromatic N) is 3. The first kappa shape index (κ1) is 16.4. The van der Waals surface area contributed by atoms with Gasteiger partial charge in [0.15, 0.2) is 5.13 Å². The van der Waals surface area contributed by atoms with Crippen LogP contribution in [-0.4, -0.2) is 16.0 Å². The molecule has 7 heteroatoms. The van der Waals surface area contributed by atoms with E-state index in [0.717, 1.165) is 5.56 Å². The van der Waals surface area contributed by atoms with Crippen LogP contribution in [0, 0.1) is 12.7 Å². The Balaban J connectivity index is 1.76. The number of aromatic nitrogens is 2.